The summed E-state index contributed by atoms with van der Waals surface area (Å²) in [5.41, 5.74) is -0.177. The minimum atomic E-state index is -3.05. The Hall–Kier alpha value is -0.0900. The van der Waals surface area contributed by atoms with Gasteiger partial charge in [-0.2, -0.15) is 4.31 Å². The average Bonchev–Trinajstić information content (AvgIpc) is 2.29. The first-order valence-electron chi connectivity index (χ1n) is 4.80. The highest BCUT2D eigenvalue weighted by molar-refractivity contribution is 7.89. The zero-order valence-corrected chi connectivity index (χ0v) is 9.69. The van der Waals surface area contributed by atoms with Gasteiger partial charge in [0.1, 0.15) is 0 Å². The van der Waals surface area contributed by atoms with Gasteiger partial charge in [-0.3, -0.25) is 0 Å². The fraction of sp³-hybridized carbons (Fsp3) is 1.00. The summed E-state index contributed by atoms with van der Waals surface area (Å²) in [6, 6.07) is 0. The molecule has 0 unspecified atom stereocenters. The fourth-order valence-electron chi connectivity index (χ4n) is 1.81. The predicted octanol–water partition coefficient (Wildman–Crippen LogP) is 1.60. The molecule has 4 heteroatoms. The molecule has 0 aromatic rings. The van der Waals surface area contributed by atoms with Crippen molar-refractivity contribution in [3.63, 3.8) is 0 Å². The topological polar surface area (TPSA) is 37.4 Å². The maximum atomic E-state index is 11.9. The molecule has 1 saturated heterocycles. The summed E-state index contributed by atoms with van der Waals surface area (Å²) in [7, 11) is -3.05. The van der Waals surface area contributed by atoms with Crippen LogP contribution in [-0.4, -0.2) is 30.1 Å². The molecule has 0 aromatic carbocycles. The molecule has 0 spiro atoms. The van der Waals surface area contributed by atoms with Crippen molar-refractivity contribution in [3.8, 4) is 0 Å². The molecule has 0 atom stereocenters. The van der Waals surface area contributed by atoms with Gasteiger partial charge < -0.3 is 0 Å². The van der Waals surface area contributed by atoms with Crippen molar-refractivity contribution in [1.82, 2.24) is 4.31 Å². The lowest BCUT2D eigenvalue weighted by Crippen LogP contribution is -2.45. The molecule has 1 fully saturated rings. The first-order chi connectivity index (χ1) is 5.78. The van der Waals surface area contributed by atoms with E-state index in [9.17, 15) is 8.42 Å². The van der Waals surface area contributed by atoms with Gasteiger partial charge in [-0.05, 0) is 40.5 Å². The second kappa shape index (κ2) is 3.24. The number of sulfonamides is 1. The van der Waals surface area contributed by atoms with Crippen molar-refractivity contribution in [1.29, 1.82) is 0 Å². The molecule has 1 aliphatic rings. The Labute approximate surface area is 81.2 Å². The van der Waals surface area contributed by atoms with Gasteiger partial charge in [-0.1, -0.05) is 0 Å². The Morgan fingerprint density at radius 2 is 1.85 bits per heavy atom. The third kappa shape index (κ3) is 1.89. The molecule has 3 nitrogen and oxygen atoms in total. The van der Waals surface area contributed by atoms with Crippen LogP contribution in [0.2, 0.25) is 0 Å². The molecule has 1 heterocycles. The summed E-state index contributed by atoms with van der Waals surface area (Å²) in [6.45, 7) is 8.17. The zero-order chi connectivity index (χ0) is 10.3. The molecule has 0 bridgehead atoms. The van der Waals surface area contributed by atoms with E-state index < -0.39 is 10.0 Å². The summed E-state index contributed by atoms with van der Waals surface area (Å²) in [5, 5.41) is -0.301. The number of hydrogen-bond donors (Lipinski definition) is 0. The predicted molar refractivity (Wildman–Crippen MR) is 54.1 cm³/mol. The molecule has 1 rings (SSSR count). The molecule has 0 N–H and O–H groups in total. The second-order valence-corrected chi connectivity index (χ2v) is 7.00. The molecular formula is C9H19NO2S. The average molecular weight is 205 g/mol. The van der Waals surface area contributed by atoms with E-state index in [1.807, 2.05) is 13.8 Å². The first-order valence-corrected chi connectivity index (χ1v) is 6.30. The molecular weight excluding hydrogens is 186 g/mol. The fourth-order valence-corrected chi connectivity index (χ4v) is 3.48. The maximum absolute atomic E-state index is 11.9. The van der Waals surface area contributed by atoms with Gasteiger partial charge in [-0.15, -0.1) is 0 Å². The molecule has 0 aromatic heterocycles. The molecule has 0 saturated carbocycles. The summed E-state index contributed by atoms with van der Waals surface area (Å²) in [4.78, 5) is 0. The van der Waals surface area contributed by atoms with Crippen LogP contribution in [0.25, 0.3) is 0 Å². The quantitative estimate of drug-likeness (QED) is 0.686. The van der Waals surface area contributed by atoms with E-state index in [4.69, 9.17) is 0 Å². The van der Waals surface area contributed by atoms with Crippen LogP contribution in [0.4, 0.5) is 0 Å². The lowest BCUT2D eigenvalue weighted by molar-refractivity contribution is 0.289. The molecule has 0 amide bonds. The maximum Gasteiger partial charge on any atom is 0.216 e. The van der Waals surface area contributed by atoms with Crippen LogP contribution in [0.15, 0.2) is 0 Å². The summed E-state index contributed by atoms with van der Waals surface area (Å²) in [5.74, 6) is 0. The third-order valence-corrected chi connectivity index (χ3v) is 5.21. The van der Waals surface area contributed by atoms with Crippen LogP contribution in [-0.2, 0) is 10.0 Å². The van der Waals surface area contributed by atoms with Crippen molar-refractivity contribution in [3.05, 3.63) is 0 Å². The van der Waals surface area contributed by atoms with Crippen molar-refractivity contribution in [2.75, 3.05) is 6.54 Å². The molecule has 0 aliphatic carbocycles. The Bertz CT molecular complexity index is 280. The second-order valence-electron chi connectivity index (χ2n) is 4.58. The largest absolute Gasteiger partial charge is 0.216 e. The van der Waals surface area contributed by atoms with Crippen molar-refractivity contribution in [2.24, 2.45) is 0 Å². The van der Waals surface area contributed by atoms with E-state index in [0.717, 1.165) is 12.8 Å². The van der Waals surface area contributed by atoms with Gasteiger partial charge in [0.15, 0.2) is 0 Å². The van der Waals surface area contributed by atoms with E-state index in [2.05, 4.69) is 0 Å². The lowest BCUT2D eigenvalue weighted by Gasteiger charge is -2.31. The van der Waals surface area contributed by atoms with Crippen LogP contribution >= 0.6 is 0 Å². The smallest absolute Gasteiger partial charge is 0.212 e. The minimum absolute atomic E-state index is 0.177. The Kier molecular flexibility index (Phi) is 2.74. The minimum Gasteiger partial charge on any atom is -0.212 e. The summed E-state index contributed by atoms with van der Waals surface area (Å²) < 4.78 is 25.4. The van der Waals surface area contributed by atoms with Crippen LogP contribution in [0.3, 0.4) is 0 Å². The number of rotatable bonds is 2. The zero-order valence-electron chi connectivity index (χ0n) is 8.87. The van der Waals surface area contributed by atoms with Crippen molar-refractivity contribution >= 4 is 10.0 Å². The van der Waals surface area contributed by atoms with E-state index in [1.165, 1.54) is 0 Å². The third-order valence-electron chi connectivity index (χ3n) is 2.73. The monoisotopic (exact) mass is 205 g/mol. The number of nitrogens with zero attached hydrogens (tertiary/aromatic N) is 1. The van der Waals surface area contributed by atoms with Gasteiger partial charge in [-0.25, -0.2) is 8.42 Å². The Balaban J connectivity index is 2.96. The number of hydrogen-bond acceptors (Lipinski definition) is 2. The van der Waals surface area contributed by atoms with E-state index in [1.54, 1.807) is 18.2 Å². The van der Waals surface area contributed by atoms with Crippen LogP contribution in [0, 0.1) is 0 Å². The Morgan fingerprint density at radius 1 is 1.31 bits per heavy atom. The standard InChI is InChI=1S/C9H19NO2S/c1-8(2)13(11,12)10-7-5-6-9(10,3)4/h8H,5-7H2,1-4H3. The van der Waals surface area contributed by atoms with Crippen molar-refractivity contribution < 1.29 is 8.42 Å². The van der Waals surface area contributed by atoms with Gasteiger partial charge in [0.2, 0.25) is 10.0 Å². The highest BCUT2D eigenvalue weighted by Gasteiger charge is 2.41. The van der Waals surface area contributed by atoms with Crippen LogP contribution in [0.1, 0.15) is 40.5 Å². The highest BCUT2D eigenvalue weighted by atomic mass is 32.2. The summed E-state index contributed by atoms with van der Waals surface area (Å²) >= 11 is 0. The van der Waals surface area contributed by atoms with E-state index in [-0.39, 0.29) is 10.8 Å². The SMILES string of the molecule is CC(C)S(=O)(=O)N1CCCC1(C)C. The Morgan fingerprint density at radius 3 is 2.15 bits per heavy atom. The van der Waals surface area contributed by atoms with Crippen LogP contribution in [0.5, 0.6) is 0 Å². The molecule has 13 heavy (non-hydrogen) atoms. The summed E-state index contributed by atoms with van der Waals surface area (Å²) in [6.07, 6.45) is 1.96. The van der Waals surface area contributed by atoms with Gasteiger partial charge >= 0.3 is 0 Å². The van der Waals surface area contributed by atoms with Gasteiger partial charge in [0.25, 0.3) is 0 Å². The van der Waals surface area contributed by atoms with Gasteiger partial charge in [0, 0.05) is 12.1 Å². The molecule has 78 valence electrons. The molecule has 1 aliphatic heterocycles. The lowest BCUT2D eigenvalue weighted by atomic mass is 10.0. The molecule has 0 radical (unpaired) electrons. The highest BCUT2D eigenvalue weighted by Crippen LogP contribution is 2.32. The van der Waals surface area contributed by atoms with Crippen LogP contribution < -0.4 is 0 Å². The first kappa shape index (κ1) is 11.0. The normalized spacial score (nSPS) is 24.1. The van der Waals surface area contributed by atoms with E-state index in [0.29, 0.717) is 6.54 Å². The van der Waals surface area contributed by atoms with E-state index >= 15 is 0 Å². The van der Waals surface area contributed by atoms with Crippen molar-refractivity contribution in [2.45, 2.75) is 51.3 Å². The van der Waals surface area contributed by atoms with Gasteiger partial charge in [0.05, 0.1) is 5.25 Å².